The number of nitrogens with one attached hydrogen (secondary N) is 1. The highest BCUT2D eigenvalue weighted by Crippen LogP contribution is 2.31. The van der Waals surface area contributed by atoms with Gasteiger partial charge in [0.25, 0.3) is 5.89 Å². The zero-order chi connectivity index (χ0) is 16.9. The van der Waals surface area contributed by atoms with E-state index in [9.17, 15) is 0 Å². The van der Waals surface area contributed by atoms with Crippen LogP contribution in [-0.2, 0) is 11.2 Å². The van der Waals surface area contributed by atoms with Crippen LogP contribution in [0.15, 0.2) is 33.8 Å². The van der Waals surface area contributed by atoms with E-state index in [1.54, 1.807) is 6.92 Å². The lowest BCUT2D eigenvalue weighted by atomic mass is 10.1. The lowest BCUT2D eigenvalue weighted by molar-refractivity contribution is 0.0309. The summed E-state index contributed by atoms with van der Waals surface area (Å²) in [6.45, 7) is 4.43. The van der Waals surface area contributed by atoms with Crippen molar-refractivity contribution >= 4 is 11.6 Å². The number of guanidine groups is 1. The second-order valence-electron chi connectivity index (χ2n) is 5.91. The number of anilines is 1. The van der Waals surface area contributed by atoms with Crippen LogP contribution < -0.4 is 11.1 Å². The molecule has 1 fully saturated rings. The molecule has 2 atom stereocenters. The van der Waals surface area contributed by atoms with E-state index in [0.717, 1.165) is 24.9 Å². The van der Waals surface area contributed by atoms with E-state index in [1.807, 2.05) is 12.1 Å². The number of ether oxygens (including phenoxy) is 1. The van der Waals surface area contributed by atoms with Crippen LogP contribution in [0, 0.1) is 6.92 Å². The largest absolute Gasteiger partial charge is 0.370 e. The number of rotatable bonds is 5. The zero-order valence-corrected chi connectivity index (χ0v) is 14.0. The third-order valence-electron chi connectivity index (χ3n) is 4.00. The number of aliphatic imine (C=N–C) groups is 1. The fourth-order valence-corrected chi connectivity index (χ4v) is 2.72. The standard InChI is InChI=1S/C17H23N5O2/c1-3-12-5-4-6-13(9-12)21-17(18)19-10-14-7-8-15(23-14)16-20-11(2)22-24-16/h4-6,9,14-15H,3,7-8,10H2,1-2H3,(H3,18,19,21)/t14-,15+/m1/s1. The molecule has 0 unspecified atom stereocenters. The van der Waals surface area contributed by atoms with Crippen molar-refractivity contribution < 1.29 is 9.26 Å². The van der Waals surface area contributed by atoms with Crippen LogP contribution in [0.4, 0.5) is 5.69 Å². The molecule has 2 aromatic rings. The van der Waals surface area contributed by atoms with Crippen LogP contribution in [0.2, 0.25) is 0 Å². The Balaban J connectivity index is 1.52. The monoisotopic (exact) mass is 329 g/mol. The van der Waals surface area contributed by atoms with Gasteiger partial charge in [-0.05, 0) is 43.9 Å². The van der Waals surface area contributed by atoms with Crippen molar-refractivity contribution in [2.75, 3.05) is 11.9 Å². The molecule has 7 heteroatoms. The smallest absolute Gasteiger partial charge is 0.255 e. The average Bonchev–Trinajstić information content (AvgIpc) is 3.22. The van der Waals surface area contributed by atoms with Gasteiger partial charge in [-0.15, -0.1) is 0 Å². The summed E-state index contributed by atoms with van der Waals surface area (Å²) in [6, 6.07) is 8.14. The number of nitrogens with zero attached hydrogens (tertiary/aromatic N) is 3. The molecule has 0 amide bonds. The Kier molecular flexibility index (Phi) is 5.10. The topological polar surface area (TPSA) is 98.6 Å². The van der Waals surface area contributed by atoms with Gasteiger partial charge in [0, 0.05) is 5.69 Å². The minimum absolute atomic E-state index is 0.0181. The van der Waals surface area contributed by atoms with Crippen molar-refractivity contribution in [1.82, 2.24) is 10.1 Å². The van der Waals surface area contributed by atoms with E-state index in [4.69, 9.17) is 15.0 Å². The average molecular weight is 329 g/mol. The second-order valence-corrected chi connectivity index (χ2v) is 5.91. The number of hydrogen-bond acceptors (Lipinski definition) is 5. The number of aromatic nitrogens is 2. The summed E-state index contributed by atoms with van der Waals surface area (Å²) < 4.78 is 11.1. The van der Waals surface area contributed by atoms with Gasteiger partial charge in [-0.2, -0.15) is 4.98 Å². The van der Waals surface area contributed by atoms with Crippen molar-refractivity contribution in [1.29, 1.82) is 0 Å². The molecule has 128 valence electrons. The first-order valence-electron chi connectivity index (χ1n) is 8.25. The lowest BCUT2D eigenvalue weighted by Gasteiger charge is -2.10. The Morgan fingerprint density at radius 2 is 2.29 bits per heavy atom. The highest BCUT2D eigenvalue weighted by atomic mass is 16.5. The van der Waals surface area contributed by atoms with Crippen LogP contribution >= 0.6 is 0 Å². The lowest BCUT2D eigenvalue weighted by Crippen LogP contribution is -2.24. The summed E-state index contributed by atoms with van der Waals surface area (Å²) in [4.78, 5) is 8.60. The first kappa shape index (κ1) is 16.4. The van der Waals surface area contributed by atoms with Gasteiger partial charge >= 0.3 is 0 Å². The van der Waals surface area contributed by atoms with E-state index in [0.29, 0.717) is 24.2 Å². The molecular formula is C17H23N5O2. The number of nitrogens with two attached hydrogens (primary N) is 1. The molecular weight excluding hydrogens is 306 g/mol. The van der Waals surface area contributed by atoms with Crippen LogP contribution in [0.1, 0.15) is 43.1 Å². The van der Waals surface area contributed by atoms with E-state index < -0.39 is 0 Å². The van der Waals surface area contributed by atoms with Gasteiger partial charge in [0.05, 0.1) is 12.6 Å². The summed E-state index contributed by atoms with van der Waals surface area (Å²) in [5.74, 6) is 1.56. The molecule has 0 spiro atoms. The van der Waals surface area contributed by atoms with Crippen molar-refractivity contribution in [3.8, 4) is 0 Å². The predicted octanol–water partition coefficient (Wildman–Crippen LogP) is 2.59. The number of hydrogen-bond donors (Lipinski definition) is 2. The molecule has 1 aromatic carbocycles. The minimum atomic E-state index is -0.137. The molecule has 1 aromatic heterocycles. The molecule has 0 aliphatic carbocycles. The van der Waals surface area contributed by atoms with Crippen LogP contribution in [0.5, 0.6) is 0 Å². The molecule has 1 aliphatic heterocycles. The number of benzene rings is 1. The molecule has 3 rings (SSSR count). The molecule has 1 aliphatic rings. The Morgan fingerprint density at radius 1 is 1.42 bits per heavy atom. The Morgan fingerprint density at radius 3 is 3.04 bits per heavy atom. The maximum atomic E-state index is 5.97. The fraction of sp³-hybridized carbons (Fsp3) is 0.471. The number of aryl methyl sites for hydroxylation is 2. The third-order valence-corrected chi connectivity index (χ3v) is 4.00. The first-order chi connectivity index (χ1) is 11.6. The summed E-state index contributed by atoms with van der Waals surface area (Å²) in [5.41, 5.74) is 8.17. The maximum Gasteiger partial charge on any atom is 0.255 e. The Bertz CT molecular complexity index is 713. The van der Waals surface area contributed by atoms with Gasteiger partial charge in [-0.25, -0.2) is 0 Å². The van der Waals surface area contributed by atoms with Gasteiger partial charge in [-0.1, -0.05) is 24.2 Å². The minimum Gasteiger partial charge on any atom is -0.370 e. The molecule has 2 heterocycles. The molecule has 3 N–H and O–H groups in total. The van der Waals surface area contributed by atoms with Gasteiger partial charge in [0.1, 0.15) is 6.10 Å². The highest BCUT2D eigenvalue weighted by molar-refractivity contribution is 5.92. The quantitative estimate of drug-likeness (QED) is 0.646. The summed E-state index contributed by atoms with van der Waals surface area (Å²) >= 11 is 0. The SMILES string of the molecule is CCc1cccc(NC(N)=NC[C@H]2CC[C@@H](c3nc(C)no3)O2)c1. The van der Waals surface area contributed by atoms with Crippen LogP contribution in [-0.4, -0.2) is 28.7 Å². The maximum absolute atomic E-state index is 5.97. The summed E-state index contributed by atoms with van der Waals surface area (Å²) in [5, 5.41) is 6.92. The summed E-state index contributed by atoms with van der Waals surface area (Å²) in [6.07, 6.45) is 2.62. The van der Waals surface area contributed by atoms with Crippen LogP contribution in [0.3, 0.4) is 0 Å². The van der Waals surface area contributed by atoms with Crippen molar-refractivity contribution in [2.45, 2.75) is 45.3 Å². The summed E-state index contributed by atoms with van der Waals surface area (Å²) in [7, 11) is 0. The zero-order valence-electron chi connectivity index (χ0n) is 14.0. The predicted molar refractivity (Wildman–Crippen MR) is 91.8 cm³/mol. The molecule has 0 radical (unpaired) electrons. The van der Waals surface area contributed by atoms with E-state index >= 15 is 0 Å². The van der Waals surface area contributed by atoms with Gasteiger partial charge in [0.2, 0.25) is 0 Å². The molecule has 1 saturated heterocycles. The molecule has 7 nitrogen and oxygen atoms in total. The molecule has 24 heavy (non-hydrogen) atoms. The van der Waals surface area contributed by atoms with Crippen molar-refractivity contribution in [3.05, 3.63) is 41.5 Å². The molecule has 0 bridgehead atoms. The Labute approximate surface area is 141 Å². The normalized spacial score (nSPS) is 21.2. The fourth-order valence-electron chi connectivity index (χ4n) is 2.72. The van der Waals surface area contributed by atoms with Gasteiger partial charge in [0.15, 0.2) is 11.8 Å². The van der Waals surface area contributed by atoms with Crippen molar-refractivity contribution in [2.24, 2.45) is 10.7 Å². The van der Waals surface area contributed by atoms with E-state index in [2.05, 4.69) is 39.5 Å². The van der Waals surface area contributed by atoms with E-state index in [1.165, 1.54) is 5.56 Å². The van der Waals surface area contributed by atoms with Crippen molar-refractivity contribution in [3.63, 3.8) is 0 Å². The highest BCUT2D eigenvalue weighted by Gasteiger charge is 2.30. The Hall–Kier alpha value is -2.41. The first-order valence-corrected chi connectivity index (χ1v) is 8.25. The van der Waals surface area contributed by atoms with Gasteiger partial charge < -0.3 is 20.3 Å². The van der Waals surface area contributed by atoms with Crippen LogP contribution in [0.25, 0.3) is 0 Å². The third kappa shape index (κ3) is 4.11. The molecule has 0 saturated carbocycles. The van der Waals surface area contributed by atoms with E-state index in [-0.39, 0.29) is 12.2 Å². The van der Waals surface area contributed by atoms with Gasteiger partial charge in [-0.3, -0.25) is 4.99 Å². The second kappa shape index (κ2) is 7.44.